The summed E-state index contributed by atoms with van der Waals surface area (Å²) in [6.07, 6.45) is 6.59. The molecule has 2 N–H and O–H groups in total. The van der Waals surface area contributed by atoms with Crippen LogP contribution in [-0.2, 0) is 6.54 Å². The predicted molar refractivity (Wildman–Crippen MR) is 53.7 cm³/mol. The Morgan fingerprint density at radius 1 is 1.33 bits per heavy atom. The first kappa shape index (κ1) is 9.72. The van der Waals surface area contributed by atoms with Gasteiger partial charge >= 0.3 is 0 Å². The Balaban J connectivity index is 1.89. The van der Waals surface area contributed by atoms with Crippen LogP contribution in [0.15, 0.2) is 25.0 Å². The lowest BCUT2D eigenvalue weighted by atomic mass is 10.3. The molecule has 78 valence electrons. The van der Waals surface area contributed by atoms with E-state index in [9.17, 15) is 0 Å². The standard InChI is InChI=1S/C9H12N6/c1-7(9-13-6-14-15-9)12-4-8-2-10-5-11-3-8/h2-3,5-7,12H,4H2,1H3,(H,13,14,15). The topological polar surface area (TPSA) is 79.4 Å². The monoisotopic (exact) mass is 204 g/mol. The van der Waals surface area contributed by atoms with Crippen LogP contribution >= 0.6 is 0 Å². The van der Waals surface area contributed by atoms with Gasteiger partial charge in [-0.2, -0.15) is 5.10 Å². The third kappa shape index (κ3) is 2.57. The van der Waals surface area contributed by atoms with Gasteiger partial charge in [-0.15, -0.1) is 0 Å². The van der Waals surface area contributed by atoms with Crippen LogP contribution in [0.3, 0.4) is 0 Å². The van der Waals surface area contributed by atoms with Crippen molar-refractivity contribution < 1.29 is 0 Å². The van der Waals surface area contributed by atoms with Crippen LogP contribution in [-0.4, -0.2) is 25.1 Å². The third-order valence-corrected chi connectivity index (χ3v) is 2.07. The summed E-state index contributed by atoms with van der Waals surface area (Å²) < 4.78 is 0. The van der Waals surface area contributed by atoms with E-state index in [0.717, 1.165) is 11.4 Å². The molecule has 0 amide bonds. The smallest absolute Gasteiger partial charge is 0.141 e. The van der Waals surface area contributed by atoms with Crippen molar-refractivity contribution in [2.24, 2.45) is 0 Å². The first-order valence-electron chi connectivity index (χ1n) is 4.69. The second-order valence-electron chi connectivity index (χ2n) is 3.22. The van der Waals surface area contributed by atoms with Crippen molar-refractivity contribution in [1.82, 2.24) is 30.5 Å². The lowest BCUT2D eigenvalue weighted by Crippen LogP contribution is -2.19. The summed E-state index contributed by atoms with van der Waals surface area (Å²) in [5.74, 6) is 0.826. The molecule has 0 saturated carbocycles. The number of rotatable bonds is 4. The first-order valence-corrected chi connectivity index (χ1v) is 4.69. The van der Waals surface area contributed by atoms with Crippen LogP contribution in [0, 0.1) is 0 Å². The summed E-state index contributed by atoms with van der Waals surface area (Å²) in [6, 6.07) is 0.132. The lowest BCUT2D eigenvalue weighted by molar-refractivity contribution is 0.546. The van der Waals surface area contributed by atoms with E-state index in [2.05, 4.69) is 30.5 Å². The summed E-state index contributed by atoms with van der Waals surface area (Å²) in [6.45, 7) is 2.73. The van der Waals surface area contributed by atoms with Gasteiger partial charge in [0.1, 0.15) is 18.5 Å². The first-order chi connectivity index (χ1) is 7.36. The molecule has 0 aliphatic rings. The zero-order valence-corrected chi connectivity index (χ0v) is 8.38. The maximum absolute atomic E-state index is 4.07. The van der Waals surface area contributed by atoms with E-state index >= 15 is 0 Å². The fourth-order valence-corrected chi connectivity index (χ4v) is 1.21. The Bertz CT molecular complexity index is 384. The van der Waals surface area contributed by atoms with Crippen LogP contribution in [0.25, 0.3) is 0 Å². The van der Waals surface area contributed by atoms with Gasteiger partial charge < -0.3 is 5.32 Å². The van der Waals surface area contributed by atoms with E-state index in [4.69, 9.17) is 0 Å². The van der Waals surface area contributed by atoms with Crippen LogP contribution < -0.4 is 5.32 Å². The van der Waals surface area contributed by atoms with Crippen molar-refractivity contribution in [3.63, 3.8) is 0 Å². The average molecular weight is 204 g/mol. The van der Waals surface area contributed by atoms with Crippen molar-refractivity contribution in [2.75, 3.05) is 0 Å². The van der Waals surface area contributed by atoms with Gasteiger partial charge in [0.2, 0.25) is 0 Å². The quantitative estimate of drug-likeness (QED) is 0.755. The van der Waals surface area contributed by atoms with Gasteiger partial charge in [-0.1, -0.05) is 0 Å². The van der Waals surface area contributed by atoms with Gasteiger partial charge in [0, 0.05) is 24.5 Å². The summed E-state index contributed by atoms with van der Waals surface area (Å²) in [5, 5.41) is 9.90. The second-order valence-corrected chi connectivity index (χ2v) is 3.22. The van der Waals surface area contributed by atoms with Crippen molar-refractivity contribution >= 4 is 0 Å². The van der Waals surface area contributed by atoms with Crippen LogP contribution in [0.5, 0.6) is 0 Å². The van der Waals surface area contributed by atoms with E-state index in [-0.39, 0.29) is 6.04 Å². The fraction of sp³-hybridized carbons (Fsp3) is 0.333. The largest absolute Gasteiger partial charge is 0.303 e. The minimum absolute atomic E-state index is 0.132. The van der Waals surface area contributed by atoms with Gasteiger partial charge in [-0.05, 0) is 6.92 Å². The Morgan fingerprint density at radius 2 is 2.13 bits per heavy atom. The van der Waals surface area contributed by atoms with E-state index in [1.54, 1.807) is 12.4 Å². The Hall–Kier alpha value is -1.82. The molecule has 15 heavy (non-hydrogen) atoms. The highest BCUT2D eigenvalue weighted by molar-refractivity contribution is 5.02. The number of H-pyrrole nitrogens is 1. The Labute approximate surface area is 87.2 Å². The predicted octanol–water partition coefficient (Wildman–Crippen LogP) is 0.445. The number of hydrogen-bond acceptors (Lipinski definition) is 5. The van der Waals surface area contributed by atoms with Crippen molar-refractivity contribution in [3.8, 4) is 0 Å². The number of nitrogens with one attached hydrogen (secondary N) is 2. The van der Waals surface area contributed by atoms with Crippen LogP contribution in [0.4, 0.5) is 0 Å². The van der Waals surface area contributed by atoms with Crippen molar-refractivity contribution in [2.45, 2.75) is 19.5 Å². The molecule has 0 aromatic carbocycles. The van der Waals surface area contributed by atoms with Gasteiger partial charge in [0.05, 0.1) is 6.04 Å². The van der Waals surface area contributed by atoms with Crippen LogP contribution in [0.2, 0.25) is 0 Å². The molecule has 6 nitrogen and oxygen atoms in total. The minimum Gasteiger partial charge on any atom is -0.303 e. The lowest BCUT2D eigenvalue weighted by Gasteiger charge is -2.09. The van der Waals surface area contributed by atoms with Gasteiger partial charge in [0.25, 0.3) is 0 Å². The molecule has 2 rings (SSSR count). The maximum Gasteiger partial charge on any atom is 0.141 e. The summed E-state index contributed by atoms with van der Waals surface area (Å²) >= 11 is 0. The van der Waals surface area contributed by atoms with E-state index in [1.165, 1.54) is 12.7 Å². The summed E-state index contributed by atoms with van der Waals surface area (Å²) in [4.78, 5) is 11.9. The molecular weight excluding hydrogens is 192 g/mol. The van der Waals surface area contributed by atoms with Gasteiger partial charge in [-0.25, -0.2) is 15.0 Å². The average Bonchev–Trinajstić information content (AvgIpc) is 2.81. The molecule has 0 bridgehead atoms. The molecule has 1 unspecified atom stereocenters. The van der Waals surface area contributed by atoms with Crippen LogP contribution in [0.1, 0.15) is 24.4 Å². The molecule has 2 heterocycles. The SMILES string of the molecule is CC(NCc1cncnc1)c1ncn[nH]1. The molecule has 0 fully saturated rings. The summed E-state index contributed by atoms with van der Waals surface area (Å²) in [5.41, 5.74) is 1.05. The van der Waals surface area contributed by atoms with Crippen molar-refractivity contribution in [1.29, 1.82) is 0 Å². The van der Waals surface area contributed by atoms with E-state index < -0.39 is 0 Å². The number of nitrogens with zero attached hydrogens (tertiary/aromatic N) is 4. The highest BCUT2D eigenvalue weighted by Crippen LogP contribution is 2.05. The van der Waals surface area contributed by atoms with Gasteiger partial charge in [0.15, 0.2) is 0 Å². The second kappa shape index (κ2) is 4.61. The highest BCUT2D eigenvalue weighted by Gasteiger charge is 2.06. The fourth-order valence-electron chi connectivity index (χ4n) is 1.21. The zero-order chi connectivity index (χ0) is 10.5. The number of hydrogen-bond donors (Lipinski definition) is 2. The summed E-state index contributed by atoms with van der Waals surface area (Å²) in [7, 11) is 0. The minimum atomic E-state index is 0.132. The molecule has 0 saturated heterocycles. The molecule has 2 aromatic heterocycles. The molecule has 0 radical (unpaired) electrons. The number of aromatic amines is 1. The normalized spacial score (nSPS) is 12.6. The molecule has 0 spiro atoms. The Morgan fingerprint density at radius 3 is 2.80 bits per heavy atom. The molecule has 1 atom stereocenters. The zero-order valence-electron chi connectivity index (χ0n) is 8.38. The highest BCUT2D eigenvalue weighted by atomic mass is 15.2. The molecule has 0 aliphatic carbocycles. The maximum atomic E-state index is 4.07. The molecular formula is C9H12N6. The molecule has 2 aromatic rings. The third-order valence-electron chi connectivity index (χ3n) is 2.07. The molecule has 0 aliphatic heterocycles. The van der Waals surface area contributed by atoms with E-state index in [1.807, 2.05) is 6.92 Å². The van der Waals surface area contributed by atoms with Crippen molar-refractivity contribution in [3.05, 3.63) is 36.4 Å². The van der Waals surface area contributed by atoms with Gasteiger partial charge in [-0.3, -0.25) is 5.10 Å². The van der Waals surface area contributed by atoms with E-state index in [0.29, 0.717) is 6.54 Å². The Kier molecular flexibility index (Phi) is 2.99. The molecule has 6 heteroatoms. The number of aromatic nitrogens is 5.